The van der Waals surface area contributed by atoms with Crippen LogP contribution in [-0.4, -0.2) is 34.1 Å². The van der Waals surface area contributed by atoms with Crippen LogP contribution in [0.25, 0.3) is 0 Å². The molecule has 4 atom stereocenters. The second kappa shape index (κ2) is 13.1. The van der Waals surface area contributed by atoms with Gasteiger partial charge in [0.1, 0.15) is 11.8 Å². The van der Waals surface area contributed by atoms with Gasteiger partial charge in [-0.25, -0.2) is 0 Å². The van der Waals surface area contributed by atoms with Crippen LogP contribution in [0.15, 0.2) is 47.7 Å². The molecule has 1 aromatic rings. The first-order valence-electron chi connectivity index (χ1n) is 10.9. The van der Waals surface area contributed by atoms with Crippen molar-refractivity contribution in [1.29, 1.82) is 0 Å². The van der Waals surface area contributed by atoms with Gasteiger partial charge in [0, 0.05) is 18.8 Å². The molecule has 0 spiro atoms. The van der Waals surface area contributed by atoms with Gasteiger partial charge in [-0.1, -0.05) is 47.7 Å². The molecule has 6 nitrogen and oxygen atoms in total. The lowest BCUT2D eigenvalue weighted by Crippen LogP contribution is -2.21. The van der Waals surface area contributed by atoms with Crippen molar-refractivity contribution in [2.75, 3.05) is 0 Å². The number of rotatable bonds is 14. The standard InChI is InChI=1S/C24H33NO5/c26-19(12-8-11-18-9-4-3-5-10-18)15-16-20-21(23(27)17-22(20)25-30)13-6-1-2-7-14-24(28)29/h1,3-6,9-10,19-22,26H,2,7-8,11-17H2,(H,28,29). The van der Waals surface area contributed by atoms with Gasteiger partial charge in [0.25, 0.3) is 0 Å². The van der Waals surface area contributed by atoms with E-state index in [9.17, 15) is 19.6 Å². The lowest BCUT2D eigenvalue weighted by atomic mass is 9.85. The summed E-state index contributed by atoms with van der Waals surface area (Å²) in [7, 11) is 0. The first-order valence-corrected chi connectivity index (χ1v) is 10.9. The number of hydrogen-bond acceptors (Lipinski definition) is 5. The molecule has 0 bridgehead atoms. The van der Waals surface area contributed by atoms with E-state index in [0.717, 1.165) is 12.8 Å². The summed E-state index contributed by atoms with van der Waals surface area (Å²) >= 11 is 0. The number of hydrogen-bond donors (Lipinski definition) is 2. The fourth-order valence-corrected chi connectivity index (χ4v) is 4.28. The van der Waals surface area contributed by atoms with Gasteiger partial charge in [0.15, 0.2) is 0 Å². The van der Waals surface area contributed by atoms with Gasteiger partial charge in [-0.05, 0) is 62.8 Å². The Bertz CT molecular complexity index is 703. The number of allylic oxidation sites excluding steroid dienone is 2. The molecule has 1 aliphatic carbocycles. The van der Waals surface area contributed by atoms with Crippen LogP contribution in [0.1, 0.15) is 63.4 Å². The zero-order chi connectivity index (χ0) is 21.8. The molecule has 4 unspecified atom stereocenters. The van der Waals surface area contributed by atoms with Crippen LogP contribution in [0.4, 0.5) is 0 Å². The molecular formula is C24H33NO5. The van der Waals surface area contributed by atoms with Gasteiger partial charge in [-0.3, -0.25) is 9.59 Å². The van der Waals surface area contributed by atoms with Gasteiger partial charge in [-0.2, -0.15) is 4.91 Å². The predicted octanol–water partition coefficient (Wildman–Crippen LogP) is 4.69. The molecule has 0 heterocycles. The number of aliphatic hydroxyl groups excluding tert-OH is 1. The molecule has 164 valence electrons. The Balaban J connectivity index is 1.76. The Hall–Kier alpha value is -2.34. The quantitative estimate of drug-likeness (QED) is 0.260. The lowest BCUT2D eigenvalue weighted by molar-refractivity contribution is -0.137. The molecule has 2 N–H and O–H groups in total. The van der Waals surface area contributed by atoms with Crippen LogP contribution in [0, 0.1) is 16.7 Å². The third-order valence-corrected chi connectivity index (χ3v) is 5.97. The SMILES string of the molecule is O=NC1CC(=O)C(CC=CCCCC(=O)O)C1CCC(O)CCCc1ccccc1. The van der Waals surface area contributed by atoms with Crippen LogP contribution < -0.4 is 0 Å². The van der Waals surface area contributed by atoms with Crippen molar-refractivity contribution >= 4 is 11.8 Å². The highest BCUT2D eigenvalue weighted by atomic mass is 16.4. The number of aliphatic hydroxyl groups is 1. The number of aliphatic carboxylic acids is 1. The molecule has 1 aliphatic rings. The molecule has 1 fully saturated rings. The average molecular weight is 416 g/mol. The second-order valence-electron chi connectivity index (χ2n) is 8.22. The Kier molecular flexibility index (Phi) is 10.4. The molecule has 1 aromatic carbocycles. The molecule has 0 saturated heterocycles. The number of carboxylic acid groups (broad SMARTS) is 1. The van der Waals surface area contributed by atoms with Gasteiger partial charge in [0.2, 0.25) is 0 Å². The highest BCUT2D eigenvalue weighted by Crippen LogP contribution is 2.37. The van der Waals surface area contributed by atoms with Gasteiger partial charge >= 0.3 is 5.97 Å². The summed E-state index contributed by atoms with van der Waals surface area (Å²) in [5.41, 5.74) is 1.26. The number of carbonyl (C=O) groups excluding carboxylic acids is 1. The van der Waals surface area contributed by atoms with E-state index >= 15 is 0 Å². The highest BCUT2D eigenvalue weighted by Gasteiger charge is 2.42. The molecule has 0 aliphatic heterocycles. The van der Waals surface area contributed by atoms with Crippen molar-refractivity contribution in [2.24, 2.45) is 17.0 Å². The first-order chi connectivity index (χ1) is 14.5. The molecule has 2 rings (SSSR count). The van der Waals surface area contributed by atoms with Crippen molar-refractivity contribution in [1.82, 2.24) is 0 Å². The largest absolute Gasteiger partial charge is 0.481 e. The molecule has 6 heteroatoms. The zero-order valence-electron chi connectivity index (χ0n) is 17.5. The normalized spacial score (nSPS) is 22.4. The summed E-state index contributed by atoms with van der Waals surface area (Å²) < 4.78 is 0. The smallest absolute Gasteiger partial charge is 0.303 e. The van der Waals surface area contributed by atoms with Crippen LogP contribution in [0.5, 0.6) is 0 Å². The number of benzene rings is 1. The van der Waals surface area contributed by atoms with Crippen LogP contribution >= 0.6 is 0 Å². The zero-order valence-corrected chi connectivity index (χ0v) is 17.5. The van der Waals surface area contributed by atoms with Gasteiger partial charge in [-0.15, -0.1) is 0 Å². The first kappa shape index (κ1) is 23.9. The summed E-state index contributed by atoms with van der Waals surface area (Å²) in [5.74, 6) is -1.10. The fourth-order valence-electron chi connectivity index (χ4n) is 4.28. The van der Waals surface area contributed by atoms with Crippen LogP contribution in [-0.2, 0) is 16.0 Å². The number of nitrogens with zero attached hydrogens (tertiary/aromatic N) is 1. The number of carboxylic acids is 1. The second-order valence-corrected chi connectivity index (χ2v) is 8.22. The number of carbonyl (C=O) groups is 2. The number of nitroso groups, excluding NO2 is 1. The average Bonchev–Trinajstić information content (AvgIpc) is 3.04. The summed E-state index contributed by atoms with van der Waals surface area (Å²) in [6.45, 7) is 0. The minimum absolute atomic E-state index is 0.0679. The fraction of sp³-hybridized carbons (Fsp3) is 0.583. The van der Waals surface area contributed by atoms with E-state index < -0.39 is 18.1 Å². The van der Waals surface area contributed by atoms with Gasteiger partial charge < -0.3 is 10.2 Å². The lowest BCUT2D eigenvalue weighted by Gasteiger charge is -2.21. The van der Waals surface area contributed by atoms with E-state index in [1.54, 1.807) is 0 Å². The van der Waals surface area contributed by atoms with Gasteiger partial charge in [0.05, 0.1) is 6.10 Å². The van der Waals surface area contributed by atoms with Crippen molar-refractivity contribution in [2.45, 2.75) is 76.4 Å². The summed E-state index contributed by atoms with van der Waals surface area (Å²) in [4.78, 5) is 34.1. The van der Waals surface area contributed by atoms with Crippen molar-refractivity contribution < 1.29 is 19.8 Å². The molecule has 0 aromatic heterocycles. The minimum Gasteiger partial charge on any atom is -0.481 e. The monoisotopic (exact) mass is 415 g/mol. The molecule has 0 radical (unpaired) electrons. The molecular weight excluding hydrogens is 382 g/mol. The maximum Gasteiger partial charge on any atom is 0.303 e. The third-order valence-electron chi connectivity index (χ3n) is 5.97. The van der Waals surface area contributed by atoms with Crippen LogP contribution in [0.2, 0.25) is 0 Å². The number of Topliss-reactive ketones (excluding diaryl/α,β-unsaturated/α-hetero) is 1. The maximum absolute atomic E-state index is 12.4. The topological polar surface area (TPSA) is 104 Å². The summed E-state index contributed by atoms with van der Waals surface area (Å²) in [6.07, 6.45) is 9.19. The Morgan fingerprint density at radius 3 is 2.63 bits per heavy atom. The van der Waals surface area contributed by atoms with E-state index in [4.69, 9.17) is 5.11 Å². The third kappa shape index (κ3) is 8.19. The molecule has 1 saturated carbocycles. The van der Waals surface area contributed by atoms with Crippen molar-refractivity contribution in [3.8, 4) is 0 Å². The van der Waals surface area contributed by atoms with E-state index in [0.29, 0.717) is 38.5 Å². The van der Waals surface area contributed by atoms with Crippen molar-refractivity contribution in [3.63, 3.8) is 0 Å². The van der Waals surface area contributed by atoms with E-state index in [-0.39, 0.29) is 30.5 Å². The number of ketones is 1. The Morgan fingerprint density at radius 1 is 1.17 bits per heavy atom. The van der Waals surface area contributed by atoms with Crippen LogP contribution in [0.3, 0.4) is 0 Å². The van der Waals surface area contributed by atoms with Crippen molar-refractivity contribution in [3.05, 3.63) is 53.0 Å². The maximum atomic E-state index is 12.4. The number of unbranched alkanes of at least 4 members (excludes halogenated alkanes) is 1. The summed E-state index contributed by atoms with van der Waals surface area (Å²) in [6, 6.07) is 9.67. The Labute approximate surface area is 178 Å². The minimum atomic E-state index is -0.809. The molecule has 30 heavy (non-hydrogen) atoms. The highest BCUT2D eigenvalue weighted by molar-refractivity contribution is 5.84. The summed E-state index contributed by atoms with van der Waals surface area (Å²) in [5, 5.41) is 22.2. The Morgan fingerprint density at radius 2 is 1.93 bits per heavy atom. The number of aryl methyl sites for hydroxylation is 1. The van der Waals surface area contributed by atoms with E-state index in [2.05, 4.69) is 17.3 Å². The van der Waals surface area contributed by atoms with E-state index in [1.807, 2.05) is 30.4 Å². The van der Waals surface area contributed by atoms with E-state index in [1.165, 1.54) is 5.56 Å². The molecule has 0 amide bonds. The predicted molar refractivity (Wildman–Crippen MR) is 116 cm³/mol.